The average Bonchev–Trinajstić information content (AvgIpc) is 2.73. The highest BCUT2D eigenvalue weighted by Crippen LogP contribution is 2.13. The summed E-state index contributed by atoms with van der Waals surface area (Å²) in [5, 5.41) is 7.84. The number of hydrogen-bond donors (Lipinski definition) is 1. The third-order valence-electron chi connectivity index (χ3n) is 2.92. The molecule has 1 heterocycles. The van der Waals surface area contributed by atoms with Gasteiger partial charge in [0.05, 0.1) is 12.3 Å². The summed E-state index contributed by atoms with van der Waals surface area (Å²) in [6.07, 6.45) is 6.37. The normalized spacial score (nSPS) is 12.1. The molecule has 0 saturated carbocycles. The lowest BCUT2D eigenvalue weighted by atomic mass is 10.1. The van der Waals surface area contributed by atoms with Crippen molar-refractivity contribution < 1.29 is 4.74 Å². The number of ether oxygens (including phenoxy) is 1. The van der Waals surface area contributed by atoms with E-state index in [0.717, 1.165) is 32.5 Å². The first-order valence-corrected chi connectivity index (χ1v) is 6.62. The predicted molar refractivity (Wildman–Crippen MR) is 75.6 cm³/mol. The van der Waals surface area contributed by atoms with Crippen LogP contribution in [0.1, 0.15) is 31.5 Å². The van der Waals surface area contributed by atoms with Gasteiger partial charge in [-0.3, -0.25) is 4.68 Å². The van der Waals surface area contributed by atoms with Crippen LogP contribution in [-0.4, -0.2) is 36.6 Å². The van der Waals surface area contributed by atoms with Crippen molar-refractivity contribution in [1.29, 1.82) is 0 Å². The Morgan fingerprint density at radius 2 is 2.28 bits per heavy atom. The first-order chi connectivity index (χ1) is 8.71. The molecule has 0 bridgehead atoms. The smallest absolute Gasteiger partial charge is 0.0694 e. The molecule has 0 aliphatic rings. The Morgan fingerprint density at radius 1 is 1.50 bits per heavy atom. The first kappa shape index (κ1) is 14.9. The van der Waals surface area contributed by atoms with Crippen LogP contribution in [0.5, 0.6) is 0 Å². The molecule has 0 atom stereocenters. The molecule has 0 radical (unpaired) electrons. The van der Waals surface area contributed by atoms with E-state index in [0.29, 0.717) is 0 Å². The molecule has 4 nitrogen and oxygen atoms in total. The highest BCUT2D eigenvalue weighted by Gasteiger charge is 2.04. The van der Waals surface area contributed by atoms with Crippen LogP contribution in [0.3, 0.4) is 0 Å². The van der Waals surface area contributed by atoms with Crippen molar-refractivity contribution in [2.24, 2.45) is 7.05 Å². The van der Waals surface area contributed by atoms with Gasteiger partial charge in [-0.2, -0.15) is 5.10 Å². The van der Waals surface area contributed by atoms with E-state index in [4.69, 9.17) is 4.74 Å². The minimum atomic E-state index is 0.754. The van der Waals surface area contributed by atoms with Crippen LogP contribution in [0.2, 0.25) is 0 Å². The van der Waals surface area contributed by atoms with Crippen LogP contribution < -0.4 is 5.32 Å². The third kappa shape index (κ3) is 4.63. The van der Waals surface area contributed by atoms with Crippen molar-refractivity contribution in [3.63, 3.8) is 0 Å². The van der Waals surface area contributed by atoms with Crippen molar-refractivity contribution in [2.75, 3.05) is 26.8 Å². The summed E-state index contributed by atoms with van der Waals surface area (Å²) in [5.74, 6) is 0. The topological polar surface area (TPSA) is 39.1 Å². The van der Waals surface area contributed by atoms with Gasteiger partial charge < -0.3 is 10.1 Å². The minimum absolute atomic E-state index is 0.754. The average molecular weight is 251 g/mol. The van der Waals surface area contributed by atoms with Gasteiger partial charge >= 0.3 is 0 Å². The first-order valence-electron chi connectivity index (χ1n) is 6.62. The minimum Gasteiger partial charge on any atom is -0.383 e. The Balaban J connectivity index is 2.64. The van der Waals surface area contributed by atoms with Gasteiger partial charge in [0, 0.05) is 39.0 Å². The zero-order chi connectivity index (χ0) is 13.4. The Hall–Kier alpha value is -1.13. The number of rotatable bonds is 8. The second-order valence-electron chi connectivity index (χ2n) is 4.38. The van der Waals surface area contributed by atoms with E-state index in [1.807, 2.05) is 11.7 Å². The van der Waals surface area contributed by atoms with E-state index < -0.39 is 0 Å². The SMILES string of the molecule is CCC(=Cc1cn(C)nc1CC)CNCCOC. The van der Waals surface area contributed by atoms with Crippen molar-refractivity contribution in [2.45, 2.75) is 26.7 Å². The lowest BCUT2D eigenvalue weighted by Gasteiger charge is -2.07. The molecule has 1 rings (SSSR count). The molecule has 1 aromatic rings. The summed E-state index contributed by atoms with van der Waals surface area (Å²) in [6, 6.07) is 0. The number of nitrogens with one attached hydrogen (secondary N) is 1. The molecule has 1 aromatic heterocycles. The van der Waals surface area contributed by atoms with Gasteiger partial charge in [-0.15, -0.1) is 0 Å². The summed E-state index contributed by atoms with van der Waals surface area (Å²) in [5.41, 5.74) is 3.81. The number of nitrogens with zero attached hydrogens (tertiary/aromatic N) is 2. The predicted octanol–water partition coefficient (Wildman–Crippen LogP) is 2.01. The van der Waals surface area contributed by atoms with Crippen molar-refractivity contribution in [3.05, 3.63) is 23.0 Å². The summed E-state index contributed by atoms with van der Waals surface area (Å²) in [6.45, 7) is 6.89. The molecule has 1 N–H and O–H groups in total. The number of methoxy groups -OCH3 is 1. The number of hydrogen-bond acceptors (Lipinski definition) is 3. The summed E-state index contributed by atoms with van der Waals surface area (Å²) in [4.78, 5) is 0. The van der Waals surface area contributed by atoms with Crippen molar-refractivity contribution >= 4 is 6.08 Å². The van der Waals surface area contributed by atoms with Crippen molar-refractivity contribution in [3.8, 4) is 0 Å². The van der Waals surface area contributed by atoms with E-state index >= 15 is 0 Å². The molecule has 0 amide bonds. The fourth-order valence-electron chi connectivity index (χ4n) is 1.87. The van der Waals surface area contributed by atoms with Crippen LogP contribution in [-0.2, 0) is 18.2 Å². The maximum absolute atomic E-state index is 5.02. The number of aromatic nitrogens is 2. The molecule has 0 unspecified atom stereocenters. The van der Waals surface area contributed by atoms with E-state index in [1.54, 1.807) is 7.11 Å². The fraction of sp³-hybridized carbons (Fsp3) is 0.643. The zero-order valence-corrected chi connectivity index (χ0v) is 12.0. The fourth-order valence-corrected chi connectivity index (χ4v) is 1.87. The highest BCUT2D eigenvalue weighted by molar-refractivity contribution is 5.54. The van der Waals surface area contributed by atoms with E-state index in [9.17, 15) is 0 Å². The van der Waals surface area contributed by atoms with Crippen molar-refractivity contribution in [1.82, 2.24) is 15.1 Å². The second kappa shape index (κ2) is 8.06. The van der Waals surface area contributed by atoms with Gasteiger partial charge in [-0.1, -0.05) is 25.5 Å². The zero-order valence-electron chi connectivity index (χ0n) is 12.0. The van der Waals surface area contributed by atoms with Gasteiger partial charge in [0.25, 0.3) is 0 Å². The van der Waals surface area contributed by atoms with Gasteiger partial charge in [0.15, 0.2) is 0 Å². The van der Waals surface area contributed by atoms with E-state index in [-0.39, 0.29) is 0 Å². The molecule has 4 heteroatoms. The maximum Gasteiger partial charge on any atom is 0.0694 e. The Morgan fingerprint density at radius 3 is 2.89 bits per heavy atom. The molecule has 0 fully saturated rings. The molecule has 18 heavy (non-hydrogen) atoms. The highest BCUT2D eigenvalue weighted by atomic mass is 16.5. The van der Waals surface area contributed by atoms with E-state index in [1.165, 1.54) is 16.8 Å². The van der Waals surface area contributed by atoms with E-state index in [2.05, 4.69) is 36.5 Å². The largest absolute Gasteiger partial charge is 0.383 e. The van der Waals surface area contributed by atoms with Gasteiger partial charge in [0.2, 0.25) is 0 Å². The van der Waals surface area contributed by atoms with Crippen LogP contribution in [0, 0.1) is 0 Å². The van der Waals surface area contributed by atoms with Crippen LogP contribution in [0.15, 0.2) is 11.8 Å². The molecule has 0 aromatic carbocycles. The third-order valence-corrected chi connectivity index (χ3v) is 2.92. The Labute approximate surface area is 110 Å². The molecule has 102 valence electrons. The quantitative estimate of drug-likeness (QED) is 0.718. The lowest BCUT2D eigenvalue weighted by molar-refractivity contribution is 0.200. The second-order valence-corrected chi connectivity index (χ2v) is 4.38. The van der Waals surface area contributed by atoms with Gasteiger partial charge in [-0.05, 0) is 12.8 Å². The molecule has 0 spiro atoms. The summed E-state index contributed by atoms with van der Waals surface area (Å²) in [7, 11) is 3.69. The Bertz CT molecular complexity index is 382. The van der Waals surface area contributed by atoms with Gasteiger partial charge in [-0.25, -0.2) is 0 Å². The molecular weight excluding hydrogens is 226 g/mol. The van der Waals surface area contributed by atoms with Crippen LogP contribution in [0.4, 0.5) is 0 Å². The lowest BCUT2D eigenvalue weighted by Crippen LogP contribution is -2.21. The van der Waals surface area contributed by atoms with Crippen LogP contribution >= 0.6 is 0 Å². The Kier molecular flexibility index (Phi) is 6.68. The van der Waals surface area contributed by atoms with Crippen LogP contribution in [0.25, 0.3) is 6.08 Å². The van der Waals surface area contributed by atoms with Gasteiger partial charge in [0.1, 0.15) is 0 Å². The molecule has 0 aliphatic carbocycles. The molecule has 0 saturated heterocycles. The maximum atomic E-state index is 5.02. The molecule has 0 aliphatic heterocycles. The standard InChI is InChI=1S/C14H25N3O/c1-5-12(10-15-7-8-18-4)9-13-11-17(3)16-14(13)6-2/h9,11,15H,5-8,10H2,1-4H3. The summed E-state index contributed by atoms with van der Waals surface area (Å²) >= 11 is 0. The monoisotopic (exact) mass is 251 g/mol. The number of aryl methyl sites for hydroxylation is 2. The summed E-state index contributed by atoms with van der Waals surface area (Å²) < 4.78 is 6.91. The molecular formula is C14H25N3O.